The smallest absolute Gasteiger partial charge is 0.312 e. The van der Waals surface area contributed by atoms with Crippen molar-refractivity contribution >= 4 is 11.8 Å². The minimum atomic E-state index is -0.488. The van der Waals surface area contributed by atoms with Crippen LogP contribution in [-0.4, -0.2) is 60.5 Å². The van der Waals surface area contributed by atoms with E-state index in [2.05, 4.69) is 0 Å². The summed E-state index contributed by atoms with van der Waals surface area (Å²) in [5.74, 6) is -0.932. The van der Waals surface area contributed by atoms with E-state index in [0.717, 1.165) is 0 Å². The molecule has 1 heterocycles. The molecule has 0 aromatic rings. The number of piperazine rings is 1. The molecule has 1 atom stereocenters. The van der Waals surface area contributed by atoms with Crippen LogP contribution in [0.15, 0.2) is 0 Å². The Balaban J connectivity index is 2.39. The molecule has 1 rings (SSSR count). The molecule has 0 bridgehead atoms. The molecular weight excluding hydrogens is 222 g/mol. The van der Waals surface area contributed by atoms with Crippen LogP contribution < -0.4 is 0 Å². The second kappa shape index (κ2) is 6.21. The van der Waals surface area contributed by atoms with Crippen LogP contribution in [0.3, 0.4) is 0 Å². The molecule has 1 saturated heterocycles. The van der Waals surface area contributed by atoms with Gasteiger partial charge in [0.15, 0.2) is 0 Å². The molecule has 1 aliphatic heterocycles. The Morgan fingerprint density at radius 1 is 1.35 bits per heavy atom. The second-order valence-electron chi connectivity index (χ2n) is 3.82. The number of nitriles is 1. The number of rotatable bonds is 5. The summed E-state index contributed by atoms with van der Waals surface area (Å²) >= 11 is 0. The van der Waals surface area contributed by atoms with E-state index in [1.54, 1.807) is 6.92 Å². The molecule has 0 radical (unpaired) electrons. The molecule has 1 fully saturated rings. The Hall–Kier alpha value is -1.61. The first-order chi connectivity index (χ1) is 8.10. The van der Waals surface area contributed by atoms with Crippen molar-refractivity contribution in [1.82, 2.24) is 9.80 Å². The van der Waals surface area contributed by atoms with Crippen molar-refractivity contribution in [2.75, 3.05) is 32.8 Å². The van der Waals surface area contributed by atoms with Crippen molar-refractivity contribution < 1.29 is 14.3 Å². The summed E-state index contributed by atoms with van der Waals surface area (Å²) in [6.45, 7) is 5.77. The van der Waals surface area contributed by atoms with Gasteiger partial charge in [-0.2, -0.15) is 5.26 Å². The number of likely N-dealkylation sites (N-methyl/N-ethyl adjacent to an activating group) is 1. The van der Waals surface area contributed by atoms with Crippen LogP contribution in [0.2, 0.25) is 0 Å². The van der Waals surface area contributed by atoms with Crippen LogP contribution in [0.5, 0.6) is 0 Å². The average molecular weight is 239 g/mol. The van der Waals surface area contributed by atoms with Gasteiger partial charge in [0.2, 0.25) is 0 Å². The third kappa shape index (κ3) is 3.43. The number of hydrogen-bond acceptors (Lipinski definition) is 4. The molecule has 0 N–H and O–H groups in total. The van der Waals surface area contributed by atoms with Crippen LogP contribution in [0.1, 0.15) is 13.8 Å². The maximum absolute atomic E-state index is 11.7. The van der Waals surface area contributed by atoms with Crippen LogP contribution >= 0.6 is 0 Å². The Morgan fingerprint density at radius 2 is 1.94 bits per heavy atom. The molecule has 1 unspecified atom stereocenters. The fraction of sp³-hybridized carbons (Fsp3) is 0.727. The Kier molecular flexibility index (Phi) is 4.91. The van der Waals surface area contributed by atoms with Gasteiger partial charge in [0.25, 0.3) is 0 Å². The van der Waals surface area contributed by atoms with Gasteiger partial charge >= 0.3 is 11.8 Å². The second-order valence-corrected chi connectivity index (χ2v) is 3.82. The summed E-state index contributed by atoms with van der Waals surface area (Å²) in [6.07, 6.45) is -0.488. The average Bonchev–Trinajstić information content (AvgIpc) is 2.34. The molecule has 1 aliphatic rings. The molecule has 0 spiro atoms. The molecule has 2 amide bonds. The predicted molar refractivity (Wildman–Crippen MR) is 59.9 cm³/mol. The largest absolute Gasteiger partial charge is 0.362 e. The molecule has 94 valence electrons. The summed E-state index contributed by atoms with van der Waals surface area (Å²) in [5, 5.41) is 8.52. The summed E-state index contributed by atoms with van der Waals surface area (Å²) in [7, 11) is 0. The van der Waals surface area contributed by atoms with Crippen LogP contribution in [0.4, 0.5) is 0 Å². The van der Waals surface area contributed by atoms with Gasteiger partial charge in [-0.15, -0.1) is 0 Å². The third-order valence-electron chi connectivity index (χ3n) is 2.69. The van der Waals surface area contributed by atoms with E-state index >= 15 is 0 Å². The molecule has 0 aromatic heterocycles. The number of nitrogens with zero attached hydrogens (tertiary/aromatic N) is 3. The van der Waals surface area contributed by atoms with Gasteiger partial charge in [0, 0.05) is 26.2 Å². The summed E-state index contributed by atoms with van der Waals surface area (Å²) in [5.41, 5.74) is 0. The zero-order valence-corrected chi connectivity index (χ0v) is 10.2. The van der Waals surface area contributed by atoms with E-state index in [1.807, 2.05) is 13.0 Å². The molecular formula is C11H17N3O3. The topological polar surface area (TPSA) is 73.6 Å². The Bertz CT molecular complexity index is 337. The number of hydrogen-bond donors (Lipinski definition) is 0. The molecule has 0 aliphatic carbocycles. The van der Waals surface area contributed by atoms with Gasteiger partial charge in [-0.25, -0.2) is 0 Å². The number of carbonyl (C=O) groups is 2. The van der Waals surface area contributed by atoms with E-state index in [4.69, 9.17) is 10.00 Å². The fourth-order valence-corrected chi connectivity index (χ4v) is 1.61. The lowest BCUT2D eigenvalue weighted by Crippen LogP contribution is -2.54. The van der Waals surface area contributed by atoms with Gasteiger partial charge in [-0.3, -0.25) is 9.59 Å². The minimum absolute atomic E-state index is 0.278. The quantitative estimate of drug-likeness (QED) is 0.612. The van der Waals surface area contributed by atoms with Gasteiger partial charge in [0.1, 0.15) is 6.10 Å². The van der Waals surface area contributed by atoms with Crippen LogP contribution in [0, 0.1) is 11.3 Å². The minimum Gasteiger partial charge on any atom is -0.362 e. The first kappa shape index (κ1) is 13.5. The van der Waals surface area contributed by atoms with E-state index in [-0.39, 0.29) is 6.61 Å². The van der Waals surface area contributed by atoms with E-state index in [1.165, 1.54) is 9.80 Å². The normalized spacial score (nSPS) is 18.2. The zero-order chi connectivity index (χ0) is 12.8. The van der Waals surface area contributed by atoms with Crippen molar-refractivity contribution in [2.45, 2.75) is 20.0 Å². The molecule has 6 nitrogen and oxygen atoms in total. The number of carbonyl (C=O) groups excluding carboxylic acids is 2. The first-order valence-corrected chi connectivity index (χ1v) is 5.69. The van der Waals surface area contributed by atoms with Crippen molar-refractivity contribution in [3.8, 4) is 6.07 Å². The van der Waals surface area contributed by atoms with Gasteiger partial charge in [0.05, 0.1) is 12.7 Å². The lowest BCUT2D eigenvalue weighted by Gasteiger charge is -2.33. The number of ether oxygens (including phenoxy) is 1. The van der Waals surface area contributed by atoms with Crippen LogP contribution in [-0.2, 0) is 14.3 Å². The highest BCUT2D eigenvalue weighted by Crippen LogP contribution is 2.04. The monoisotopic (exact) mass is 239 g/mol. The highest BCUT2D eigenvalue weighted by Gasteiger charge is 2.31. The van der Waals surface area contributed by atoms with E-state index in [9.17, 15) is 9.59 Å². The maximum Gasteiger partial charge on any atom is 0.312 e. The Morgan fingerprint density at radius 3 is 2.53 bits per heavy atom. The van der Waals surface area contributed by atoms with E-state index < -0.39 is 17.9 Å². The zero-order valence-electron chi connectivity index (χ0n) is 10.2. The van der Waals surface area contributed by atoms with E-state index in [0.29, 0.717) is 26.2 Å². The highest BCUT2D eigenvalue weighted by molar-refractivity contribution is 6.35. The molecule has 6 heteroatoms. The van der Waals surface area contributed by atoms with Crippen molar-refractivity contribution in [3.63, 3.8) is 0 Å². The highest BCUT2D eigenvalue weighted by atomic mass is 16.5. The predicted octanol–water partition coefficient (Wildman–Crippen LogP) is -0.394. The SMILES string of the molecule is CCN1CCN(CCOC(C)C#N)C(=O)C1=O. The lowest BCUT2D eigenvalue weighted by atomic mass is 10.3. The van der Waals surface area contributed by atoms with Gasteiger partial charge in [-0.05, 0) is 13.8 Å². The summed E-state index contributed by atoms with van der Waals surface area (Å²) in [4.78, 5) is 26.2. The molecule has 0 saturated carbocycles. The first-order valence-electron chi connectivity index (χ1n) is 5.69. The number of amides is 2. The lowest BCUT2D eigenvalue weighted by molar-refractivity contribution is -0.156. The van der Waals surface area contributed by atoms with Crippen molar-refractivity contribution in [3.05, 3.63) is 0 Å². The standard InChI is InChI=1S/C11H17N3O3/c1-3-13-4-5-14(11(16)10(13)15)6-7-17-9(2)8-12/h9H,3-7H2,1-2H3. The van der Waals surface area contributed by atoms with Gasteiger partial charge in [-0.1, -0.05) is 0 Å². The fourth-order valence-electron chi connectivity index (χ4n) is 1.61. The van der Waals surface area contributed by atoms with Crippen LogP contribution in [0.25, 0.3) is 0 Å². The summed E-state index contributed by atoms with van der Waals surface area (Å²) in [6, 6.07) is 1.94. The maximum atomic E-state index is 11.7. The molecule has 0 aromatic carbocycles. The van der Waals surface area contributed by atoms with Crippen molar-refractivity contribution in [2.24, 2.45) is 0 Å². The third-order valence-corrected chi connectivity index (χ3v) is 2.69. The van der Waals surface area contributed by atoms with Crippen molar-refractivity contribution in [1.29, 1.82) is 5.26 Å². The Labute approximate surface area is 101 Å². The molecule has 17 heavy (non-hydrogen) atoms. The van der Waals surface area contributed by atoms with Gasteiger partial charge < -0.3 is 14.5 Å². The summed E-state index contributed by atoms with van der Waals surface area (Å²) < 4.78 is 5.15.